The molecule has 1 amide bonds. The van der Waals surface area contributed by atoms with Crippen LogP contribution in [0.4, 0.5) is 5.69 Å². The number of benzene rings is 1. The van der Waals surface area contributed by atoms with Gasteiger partial charge < -0.3 is 15.8 Å². The van der Waals surface area contributed by atoms with Crippen LogP contribution in [-0.2, 0) is 16.0 Å². The number of rotatable bonds is 5. The quantitative estimate of drug-likeness (QED) is 0.812. The van der Waals surface area contributed by atoms with Crippen LogP contribution in [0, 0.1) is 0 Å². The smallest absolute Gasteiger partial charge is 0.322 e. The van der Waals surface area contributed by atoms with Gasteiger partial charge >= 0.3 is 5.97 Å². The molecule has 1 aromatic heterocycles. The van der Waals surface area contributed by atoms with Crippen molar-refractivity contribution in [2.24, 2.45) is 5.73 Å². The van der Waals surface area contributed by atoms with Crippen molar-refractivity contribution in [2.75, 3.05) is 12.4 Å². The molecule has 0 aliphatic carbocycles. The average Bonchev–Trinajstić information content (AvgIpc) is 2.56. The van der Waals surface area contributed by atoms with Crippen molar-refractivity contribution in [2.45, 2.75) is 12.5 Å². The van der Waals surface area contributed by atoms with Gasteiger partial charge in [0.25, 0.3) is 5.91 Å². The van der Waals surface area contributed by atoms with E-state index >= 15 is 0 Å². The van der Waals surface area contributed by atoms with Crippen LogP contribution < -0.4 is 11.1 Å². The molecule has 0 bridgehead atoms. The molecule has 0 radical (unpaired) electrons. The van der Waals surface area contributed by atoms with E-state index in [1.807, 2.05) is 12.1 Å². The Morgan fingerprint density at radius 3 is 2.52 bits per heavy atom. The molecule has 23 heavy (non-hydrogen) atoms. The van der Waals surface area contributed by atoms with Gasteiger partial charge in [-0.15, -0.1) is 12.4 Å². The number of hydrogen-bond acceptors (Lipinski definition) is 5. The largest absolute Gasteiger partial charge is 0.468 e. The van der Waals surface area contributed by atoms with E-state index in [0.717, 1.165) is 5.56 Å². The zero-order valence-corrected chi connectivity index (χ0v) is 13.4. The van der Waals surface area contributed by atoms with E-state index in [4.69, 9.17) is 5.73 Å². The van der Waals surface area contributed by atoms with Gasteiger partial charge in [0.2, 0.25) is 0 Å². The molecule has 2 aromatic rings. The fraction of sp³-hybridized carbons (Fsp3) is 0.188. The topological polar surface area (TPSA) is 94.3 Å². The van der Waals surface area contributed by atoms with E-state index < -0.39 is 12.0 Å². The maximum absolute atomic E-state index is 12.0. The third-order valence-electron chi connectivity index (χ3n) is 3.10. The number of nitrogens with two attached hydrogens (primary N) is 1. The molecule has 0 spiro atoms. The molecule has 1 aromatic carbocycles. The molecule has 0 saturated carbocycles. The van der Waals surface area contributed by atoms with Crippen molar-refractivity contribution in [3.8, 4) is 0 Å². The summed E-state index contributed by atoms with van der Waals surface area (Å²) in [4.78, 5) is 27.1. The molecular weight excluding hydrogens is 318 g/mol. The first-order valence-corrected chi connectivity index (χ1v) is 6.74. The van der Waals surface area contributed by atoms with Crippen LogP contribution in [0.1, 0.15) is 15.9 Å². The zero-order chi connectivity index (χ0) is 15.9. The number of nitrogens with one attached hydrogen (secondary N) is 1. The van der Waals surface area contributed by atoms with Crippen LogP contribution in [0.3, 0.4) is 0 Å². The average molecular weight is 336 g/mol. The number of anilines is 1. The number of ether oxygens (including phenoxy) is 1. The van der Waals surface area contributed by atoms with Crippen LogP contribution in [0.25, 0.3) is 0 Å². The molecule has 0 aliphatic rings. The number of halogens is 1. The predicted molar refractivity (Wildman–Crippen MR) is 89.6 cm³/mol. The molecule has 6 nitrogen and oxygen atoms in total. The van der Waals surface area contributed by atoms with Crippen LogP contribution in [0.2, 0.25) is 0 Å². The van der Waals surface area contributed by atoms with E-state index in [0.29, 0.717) is 17.7 Å². The maximum atomic E-state index is 12.0. The summed E-state index contributed by atoms with van der Waals surface area (Å²) >= 11 is 0. The Bertz CT molecular complexity index is 647. The predicted octanol–water partition coefficient (Wildman–Crippen LogP) is 1.80. The van der Waals surface area contributed by atoms with Gasteiger partial charge in [0.05, 0.1) is 12.7 Å². The number of amides is 1. The lowest BCUT2D eigenvalue weighted by atomic mass is 10.1. The number of carbonyl (C=O) groups excluding carboxylic acids is 2. The SMILES string of the molecule is COC(=O)C(N)Cc1ccc(NC(=O)c2cccnc2)cc1.Cl. The summed E-state index contributed by atoms with van der Waals surface area (Å²) in [6.45, 7) is 0. The molecule has 1 heterocycles. The molecular formula is C16H18ClN3O3. The normalized spacial score (nSPS) is 11.0. The fourth-order valence-electron chi connectivity index (χ4n) is 1.91. The van der Waals surface area contributed by atoms with Gasteiger partial charge in [0.1, 0.15) is 6.04 Å². The van der Waals surface area contributed by atoms with Gasteiger partial charge in [-0.05, 0) is 36.2 Å². The Morgan fingerprint density at radius 2 is 1.96 bits per heavy atom. The highest BCUT2D eigenvalue weighted by Gasteiger charge is 2.14. The van der Waals surface area contributed by atoms with Crippen molar-refractivity contribution in [1.29, 1.82) is 0 Å². The molecule has 0 saturated heterocycles. The highest BCUT2D eigenvalue weighted by molar-refractivity contribution is 6.04. The minimum atomic E-state index is -0.694. The second kappa shape index (κ2) is 8.87. The Balaban J connectivity index is 0.00000264. The number of nitrogens with zero attached hydrogens (tertiary/aromatic N) is 1. The highest BCUT2D eigenvalue weighted by atomic mass is 35.5. The third kappa shape index (κ3) is 5.36. The summed E-state index contributed by atoms with van der Waals surface area (Å²) in [6, 6.07) is 9.82. The van der Waals surface area contributed by atoms with Crippen LogP contribution >= 0.6 is 12.4 Å². The van der Waals surface area contributed by atoms with E-state index in [9.17, 15) is 9.59 Å². The van der Waals surface area contributed by atoms with Crippen molar-refractivity contribution in [1.82, 2.24) is 4.98 Å². The van der Waals surface area contributed by atoms with Gasteiger partial charge in [0.15, 0.2) is 0 Å². The summed E-state index contributed by atoms with van der Waals surface area (Å²) in [5.41, 5.74) is 7.73. The minimum absolute atomic E-state index is 0. The molecule has 1 atom stereocenters. The van der Waals surface area contributed by atoms with Gasteiger partial charge in [-0.3, -0.25) is 14.6 Å². The van der Waals surface area contributed by atoms with Crippen LogP contribution in [-0.4, -0.2) is 30.0 Å². The Labute approximate surface area is 140 Å². The molecule has 2 rings (SSSR count). The summed E-state index contributed by atoms with van der Waals surface area (Å²) < 4.78 is 4.58. The van der Waals surface area contributed by atoms with Gasteiger partial charge in [-0.2, -0.15) is 0 Å². The molecule has 0 aliphatic heterocycles. The zero-order valence-electron chi connectivity index (χ0n) is 12.6. The van der Waals surface area contributed by atoms with E-state index in [1.165, 1.54) is 13.3 Å². The molecule has 7 heteroatoms. The number of esters is 1. The molecule has 3 N–H and O–H groups in total. The lowest BCUT2D eigenvalue weighted by Crippen LogP contribution is -2.33. The van der Waals surface area contributed by atoms with Crippen molar-refractivity contribution < 1.29 is 14.3 Å². The lowest BCUT2D eigenvalue weighted by molar-refractivity contribution is -0.142. The number of methoxy groups -OCH3 is 1. The number of hydrogen-bond donors (Lipinski definition) is 2. The summed E-state index contributed by atoms with van der Waals surface area (Å²) in [5, 5.41) is 2.77. The van der Waals surface area contributed by atoms with Gasteiger partial charge in [-0.25, -0.2) is 0 Å². The number of pyridine rings is 1. The summed E-state index contributed by atoms with van der Waals surface area (Å²) in [5.74, 6) is -0.680. The second-order valence-corrected chi connectivity index (χ2v) is 4.73. The Kier molecular flexibility index (Phi) is 7.18. The number of carbonyl (C=O) groups is 2. The molecule has 122 valence electrons. The monoisotopic (exact) mass is 335 g/mol. The molecule has 1 unspecified atom stereocenters. The lowest BCUT2D eigenvalue weighted by Gasteiger charge is -2.10. The first-order valence-electron chi connectivity index (χ1n) is 6.74. The minimum Gasteiger partial charge on any atom is -0.468 e. The van der Waals surface area contributed by atoms with Crippen molar-refractivity contribution >= 4 is 30.0 Å². The Morgan fingerprint density at radius 1 is 1.26 bits per heavy atom. The summed E-state index contributed by atoms with van der Waals surface area (Å²) in [6.07, 6.45) is 3.48. The van der Waals surface area contributed by atoms with E-state index in [2.05, 4.69) is 15.0 Å². The fourth-order valence-corrected chi connectivity index (χ4v) is 1.91. The third-order valence-corrected chi connectivity index (χ3v) is 3.10. The van der Waals surface area contributed by atoms with Crippen LogP contribution in [0.5, 0.6) is 0 Å². The molecule has 0 fully saturated rings. The first kappa shape index (κ1) is 18.6. The first-order chi connectivity index (χ1) is 10.6. The standard InChI is InChI=1S/C16H17N3O3.ClH/c1-22-16(21)14(17)9-11-4-6-13(7-5-11)19-15(20)12-3-2-8-18-10-12;/h2-8,10,14H,9,17H2,1H3,(H,19,20);1H. The van der Waals surface area contributed by atoms with Crippen molar-refractivity contribution in [3.63, 3.8) is 0 Å². The van der Waals surface area contributed by atoms with Crippen molar-refractivity contribution in [3.05, 3.63) is 59.9 Å². The van der Waals surface area contributed by atoms with E-state index in [1.54, 1.807) is 30.5 Å². The highest BCUT2D eigenvalue weighted by Crippen LogP contribution is 2.12. The van der Waals surface area contributed by atoms with Crippen LogP contribution in [0.15, 0.2) is 48.8 Å². The summed E-state index contributed by atoms with van der Waals surface area (Å²) in [7, 11) is 1.30. The van der Waals surface area contributed by atoms with Gasteiger partial charge in [-0.1, -0.05) is 12.1 Å². The van der Waals surface area contributed by atoms with Gasteiger partial charge in [0, 0.05) is 18.1 Å². The second-order valence-electron chi connectivity index (χ2n) is 4.73. The Hall–Kier alpha value is -2.44. The number of aromatic nitrogens is 1. The van der Waals surface area contributed by atoms with E-state index in [-0.39, 0.29) is 18.3 Å². The maximum Gasteiger partial charge on any atom is 0.322 e.